The number of anilines is 1. The fraction of sp³-hybridized carbons (Fsp3) is 0.381. The number of methoxy groups -OCH3 is 1. The monoisotopic (exact) mass is 370 g/mol. The third kappa shape index (κ3) is 4.90. The number of para-hydroxylation sites is 2. The van der Waals surface area contributed by atoms with Crippen LogP contribution < -0.4 is 15.0 Å². The average Bonchev–Trinajstić information content (AvgIpc) is 2.71. The number of halogens is 1. The van der Waals surface area contributed by atoms with E-state index in [1.165, 1.54) is 6.07 Å². The van der Waals surface area contributed by atoms with Crippen LogP contribution in [0.15, 0.2) is 53.5 Å². The number of aliphatic imine (C=N–C) groups is 1. The van der Waals surface area contributed by atoms with Gasteiger partial charge in [0.25, 0.3) is 0 Å². The number of guanidine groups is 1. The van der Waals surface area contributed by atoms with Crippen LogP contribution >= 0.6 is 0 Å². The van der Waals surface area contributed by atoms with Crippen LogP contribution in [-0.4, -0.2) is 57.7 Å². The molecule has 2 aromatic carbocycles. The number of piperazine rings is 1. The minimum atomic E-state index is -0.190. The first kappa shape index (κ1) is 19.0. The summed E-state index contributed by atoms with van der Waals surface area (Å²) >= 11 is 0. The van der Waals surface area contributed by atoms with Crippen LogP contribution in [-0.2, 0) is 6.42 Å². The topological polar surface area (TPSA) is 40.1 Å². The maximum Gasteiger partial charge on any atom is 0.193 e. The number of ether oxygens (including phenoxy) is 1. The van der Waals surface area contributed by atoms with E-state index < -0.39 is 0 Å². The molecule has 2 aromatic rings. The van der Waals surface area contributed by atoms with Crippen molar-refractivity contribution >= 4 is 11.6 Å². The van der Waals surface area contributed by atoms with Gasteiger partial charge in [-0.3, -0.25) is 4.99 Å². The molecular weight excluding hydrogens is 343 g/mol. The Bertz CT molecular complexity index is 772. The van der Waals surface area contributed by atoms with Crippen molar-refractivity contribution in [3.05, 3.63) is 59.9 Å². The molecule has 0 bridgehead atoms. The van der Waals surface area contributed by atoms with Gasteiger partial charge in [-0.15, -0.1) is 0 Å². The Kier molecular flexibility index (Phi) is 6.52. The zero-order valence-corrected chi connectivity index (χ0v) is 16.0. The molecule has 6 heteroatoms. The molecule has 5 nitrogen and oxygen atoms in total. The van der Waals surface area contributed by atoms with E-state index in [-0.39, 0.29) is 5.82 Å². The molecular formula is C21H27FN4O. The Morgan fingerprint density at radius 2 is 1.89 bits per heavy atom. The molecule has 1 aliphatic heterocycles. The van der Waals surface area contributed by atoms with Crippen LogP contribution in [0.1, 0.15) is 5.56 Å². The average molecular weight is 370 g/mol. The molecule has 27 heavy (non-hydrogen) atoms. The maximum atomic E-state index is 13.3. The first-order valence-electron chi connectivity index (χ1n) is 9.29. The number of hydrogen-bond donors (Lipinski definition) is 1. The lowest BCUT2D eigenvalue weighted by Crippen LogP contribution is -2.52. The van der Waals surface area contributed by atoms with Crippen LogP contribution in [0.3, 0.4) is 0 Å². The number of benzene rings is 2. The Labute approximate surface area is 160 Å². The summed E-state index contributed by atoms with van der Waals surface area (Å²) in [6.45, 7) is 4.31. The predicted octanol–water partition coefficient (Wildman–Crippen LogP) is 2.77. The third-order valence-corrected chi connectivity index (χ3v) is 4.80. The van der Waals surface area contributed by atoms with Gasteiger partial charge in [0.15, 0.2) is 5.96 Å². The molecule has 0 unspecified atom stereocenters. The van der Waals surface area contributed by atoms with E-state index in [9.17, 15) is 4.39 Å². The summed E-state index contributed by atoms with van der Waals surface area (Å²) in [6.07, 6.45) is 0.762. The van der Waals surface area contributed by atoms with Crippen LogP contribution in [0.5, 0.6) is 5.75 Å². The van der Waals surface area contributed by atoms with Crippen molar-refractivity contribution in [3.8, 4) is 5.75 Å². The van der Waals surface area contributed by atoms with E-state index in [0.717, 1.165) is 62.1 Å². The molecule has 0 radical (unpaired) electrons. The van der Waals surface area contributed by atoms with Crippen LogP contribution in [0.2, 0.25) is 0 Å². The lowest BCUT2D eigenvalue weighted by atomic mass is 10.1. The van der Waals surface area contributed by atoms with Gasteiger partial charge in [-0.05, 0) is 36.2 Å². The zero-order valence-electron chi connectivity index (χ0n) is 16.0. The number of nitrogens with zero attached hydrogens (tertiary/aromatic N) is 3. The van der Waals surface area contributed by atoms with Gasteiger partial charge in [-0.2, -0.15) is 0 Å². The van der Waals surface area contributed by atoms with Crippen molar-refractivity contribution in [2.24, 2.45) is 4.99 Å². The number of rotatable bonds is 5. The summed E-state index contributed by atoms with van der Waals surface area (Å²) in [5, 5.41) is 3.39. The standard InChI is InChI=1S/C21H27FN4O/c1-23-21(24-11-10-17-6-5-7-18(22)16-17)26-14-12-25(13-15-26)19-8-3-4-9-20(19)27-2/h3-9,16H,10-15H2,1-2H3,(H,23,24). The summed E-state index contributed by atoms with van der Waals surface area (Å²) < 4.78 is 18.8. The maximum absolute atomic E-state index is 13.3. The smallest absolute Gasteiger partial charge is 0.193 e. The van der Waals surface area contributed by atoms with Gasteiger partial charge in [0.2, 0.25) is 0 Å². The molecule has 0 amide bonds. The molecule has 1 N–H and O–H groups in total. The number of hydrogen-bond acceptors (Lipinski definition) is 3. The van der Waals surface area contributed by atoms with Crippen molar-refractivity contribution in [2.45, 2.75) is 6.42 Å². The van der Waals surface area contributed by atoms with E-state index in [1.54, 1.807) is 26.3 Å². The summed E-state index contributed by atoms with van der Waals surface area (Å²) in [5.41, 5.74) is 2.12. The fourth-order valence-corrected chi connectivity index (χ4v) is 3.39. The summed E-state index contributed by atoms with van der Waals surface area (Å²) in [6, 6.07) is 14.9. The third-order valence-electron chi connectivity index (χ3n) is 4.80. The Morgan fingerprint density at radius 1 is 1.11 bits per heavy atom. The SMILES string of the molecule is CN=C(NCCc1cccc(F)c1)N1CCN(c2ccccc2OC)CC1. The van der Waals surface area contributed by atoms with Crippen molar-refractivity contribution in [1.82, 2.24) is 10.2 Å². The van der Waals surface area contributed by atoms with E-state index in [1.807, 2.05) is 24.3 Å². The van der Waals surface area contributed by atoms with Crippen LogP contribution in [0, 0.1) is 5.82 Å². The van der Waals surface area contributed by atoms with Gasteiger partial charge >= 0.3 is 0 Å². The first-order chi connectivity index (χ1) is 13.2. The van der Waals surface area contributed by atoms with Gasteiger partial charge in [0.1, 0.15) is 11.6 Å². The molecule has 0 atom stereocenters. The molecule has 1 fully saturated rings. The number of nitrogens with one attached hydrogen (secondary N) is 1. The van der Waals surface area contributed by atoms with Gasteiger partial charge < -0.3 is 19.9 Å². The van der Waals surface area contributed by atoms with Crippen LogP contribution in [0.25, 0.3) is 0 Å². The second-order valence-corrected chi connectivity index (χ2v) is 6.50. The van der Waals surface area contributed by atoms with E-state index in [2.05, 4.69) is 26.2 Å². The van der Waals surface area contributed by atoms with Crippen LogP contribution in [0.4, 0.5) is 10.1 Å². The second-order valence-electron chi connectivity index (χ2n) is 6.50. The summed E-state index contributed by atoms with van der Waals surface area (Å²) in [4.78, 5) is 9.01. The lowest BCUT2D eigenvalue weighted by molar-refractivity contribution is 0.367. The minimum absolute atomic E-state index is 0.190. The largest absolute Gasteiger partial charge is 0.495 e. The Morgan fingerprint density at radius 3 is 2.59 bits per heavy atom. The second kappa shape index (κ2) is 9.26. The van der Waals surface area contributed by atoms with Crippen molar-refractivity contribution < 1.29 is 9.13 Å². The van der Waals surface area contributed by atoms with Crippen molar-refractivity contribution in [2.75, 3.05) is 51.8 Å². The molecule has 0 aromatic heterocycles. The highest BCUT2D eigenvalue weighted by Crippen LogP contribution is 2.28. The lowest BCUT2D eigenvalue weighted by Gasteiger charge is -2.38. The fourth-order valence-electron chi connectivity index (χ4n) is 3.39. The van der Waals surface area contributed by atoms with Gasteiger partial charge in [-0.1, -0.05) is 24.3 Å². The van der Waals surface area contributed by atoms with Gasteiger partial charge in [0, 0.05) is 39.8 Å². The Hall–Kier alpha value is -2.76. The van der Waals surface area contributed by atoms with Gasteiger partial charge in [0.05, 0.1) is 12.8 Å². The highest BCUT2D eigenvalue weighted by atomic mass is 19.1. The molecule has 1 aliphatic rings. The quantitative estimate of drug-likeness (QED) is 0.649. The predicted molar refractivity (Wildman–Crippen MR) is 108 cm³/mol. The molecule has 0 aliphatic carbocycles. The molecule has 1 heterocycles. The van der Waals surface area contributed by atoms with Crippen molar-refractivity contribution in [1.29, 1.82) is 0 Å². The molecule has 3 rings (SSSR count). The molecule has 0 saturated carbocycles. The van der Waals surface area contributed by atoms with E-state index in [4.69, 9.17) is 4.74 Å². The van der Waals surface area contributed by atoms with E-state index in [0.29, 0.717) is 0 Å². The van der Waals surface area contributed by atoms with Crippen molar-refractivity contribution in [3.63, 3.8) is 0 Å². The first-order valence-corrected chi connectivity index (χ1v) is 9.29. The minimum Gasteiger partial charge on any atom is -0.495 e. The van der Waals surface area contributed by atoms with E-state index >= 15 is 0 Å². The highest BCUT2D eigenvalue weighted by Gasteiger charge is 2.21. The summed E-state index contributed by atoms with van der Waals surface area (Å²) in [5.74, 6) is 1.61. The zero-order chi connectivity index (χ0) is 19.1. The Balaban J connectivity index is 1.51. The molecule has 0 spiro atoms. The highest BCUT2D eigenvalue weighted by molar-refractivity contribution is 5.80. The molecule has 1 saturated heterocycles. The van der Waals surface area contributed by atoms with Gasteiger partial charge in [-0.25, -0.2) is 4.39 Å². The summed E-state index contributed by atoms with van der Waals surface area (Å²) in [7, 11) is 3.51. The molecule has 144 valence electrons. The normalized spacial score (nSPS) is 15.0.